The zero-order valence-corrected chi connectivity index (χ0v) is 12.3. The van der Waals surface area contributed by atoms with Crippen LogP contribution in [-0.2, 0) is 0 Å². The molecule has 0 aromatic heterocycles. The maximum absolute atomic E-state index is 14.1. The van der Waals surface area contributed by atoms with Gasteiger partial charge in [-0.1, -0.05) is 46.3 Å². The van der Waals surface area contributed by atoms with Crippen molar-refractivity contribution in [1.82, 2.24) is 0 Å². The van der Waals surface area contributed by atoms with Crippen molar-refractivity contribution in [2.75, 3.05) is 14.2 Å². The fourth-order valence-corrected chi connectivity index (χ4v) is 2.52. The van der Waals surface area contributed by atoms with E-state index in [2.05, 4.69) is 15.9 Å². The van der Waals surface area contributed by atoms with Crippen LogP contribution in [0.3, 0.4) is 0 Å². The zero-order valence-electron chi connectivity index (χ0n) is 10.7. The van der Waals surface area contributed by atoms with Crippen molar-refractivity contribution in [3.05, 3.63) is 59.4 Å². The fourth-order valence-electron chi connectivity index (χ4n) is 1.87. The van der Waals surface area contributed by atoms with E-state index in [1.807, 2.05) is 30.3 Å². The zero-order chi connectivity index (χ0) is 13.8. The largest absolute Gasteiger partial charge is 0.493 e. The van der Waals surface area contributed by atoms with Crippen LogP contribution < -0.4 is 9.47 Å². The molecule has 0 radical (unpaired) electrons. The van der Waals surface area contributed by atoms with Crippen LogP contribution in [0.4, 0.5) is 4.39 Å². The normalized spacial score (nSPS) is 12.0. The van der Waals surface area contributed by atoms with Gasteiger partial charge in [0.25, 0.3) is 0 Å². The number of hydrogen-bond donors (Lipinski definition) is 0. The Morgan fingerprint density at radius 1 is 1.00 bits per heavy atom. The highest BCUT2D eigenvalue weighted by Gasteiger charge is 2.18. The molecule has 0 saturated heterocycles. The summed E-state index contributed by atoms with van der Waals surface area (Å²) in [5, 5.41) is 0. The first-order valence-electron chi connectivity index (χ1n) is 5.77. The molecule has 0 N–H and O–H groups in total. The maximum atomic E-state index is 14.1. The van der Waals surface area contributed by atoms with Gasteiger partial charge in [0, 0.05) is 11.6 Å². The van der Waals surface area contributed by atoms with Gasteiger partial charge in [0.05, 0.1) is 19.0 Å². The highest BCUT2D eigenvalue weighted by molar-refractivity contribution is 9.09. The van der Waals surface area contributed by atoms with E-state index < -0.39 is 0 Å². The van der Waals surface area contributed by atoms with Crippen molar-refractivity contribution in [3.8, 4) is 11.5 Å². The average Bonchev–Trinajstić information content (AvgIpc) is 2.47. The van der Waals surface area contributed by atoms with Gasteiger partial charge in [-0.15, -0.1) is 0 Å². The van der Waals surface area contributed by atoms with E-state index in [0.717, 1.165) is 5.56 Å². The highest BCUT2D eigenvalue weighted by Crippen LogP contribution is 2.38. The molecule has 0 heterocycles. The van der Waals surface area contributed by atoms with Crippen LogP contribution in [0.2, 0.25) is 0 Å². The van der Waals surface area contributed by atoms with Gasteiger partial charge < -0.3 is 9.47 Å². The molecule has 19 heavy (non-hydrogen) atoms. The van der Waals surface area contributed by atoms with Crippen LogP contribution in [0.5, 0.6) is 11.5 Å². The Morgan fingerprint density at radius 3 is 2.16 bits per heavy atom. The second-order valence-electron chi connectivity index (χ2n) is 4.00. The molecule has 0 aliphatic carbocycles. The van der Waals surface area contributed by atoms with E-state index in [1.165, 1.54) is 20.3 Å². The second-order valence-corrected chi connectivity index (χ2v) is 4.92. The second kappa shape index (κ2) is 6.06. The van der Waals surface area contributed by atoms with Crippen LogP contribution in [0, 0.1) is 5.82 Å². The summed E-state index contributed by atoms with van der Waals surface area (Å²) >= 11 is 3.52. The number of ether oxygens (including phenoxy) is 2. The van der Waals surface area contributed by atoms with E-state index in [0.29, 0.717) is 17.1 Å². The van der Waals surface area contributed by atoms with Gasteiger partial charge in [0.15, 0.2) is 11.5 Å². The predicted octanol–water partition coefficient (Wildman–Crippen LogP) is 4.33. The van der Waals surface area contributed by atoms with Crippen molar-refractivity contribution in [1.29, 1.82) is 0 Å². The van der Waals surface area contributed by atoms with Gasteiger partial charge >= 0.3 is 0 Å². The van der Waals surface area contributed by atoms with Crippen LogP contribution in [0.25, 0.3) is 0 Å². The molecule has 0 amide bonds. The Labute approximate surface area is 120 Å². The lowest BCUT2D eigenvalue weighted by Gasteiger charge is -2.15. The van der Waals surface area contributed by atoms with E-state index in [4.69, 9.17) is 9.47 Å². The molecule has 4 heteroatoms. The third-order valence-electron chi connectivity index (χ3n) is 2.87. The quantitative estimate of drug-likeness (QED) is 0.779. The molecule has 1 unspecified atom stereocenters. The lowest BCUT2D eigenvalue weighted by molar-refractivity contribution is 0.351. The number of hydrogen-bond acceptors (Lipinski definition) is 2. The Kier molecular flexibility index (Phi) is 4.43. The van der Waals surface area contributed by atoms with Crippen molar-refractivity contribution in [3.63, 3.8) is 0 Å². The van der Waals surface area contributed by atoms with Crippen molar-refractivity contribution < 1.29 is 13.9 Å². The van der Waals surface area contributed by atoms with Gasteiger partial charge in [-0.2, -0.15) is 0 Å². The molecule has 2 aromatic rings. The van der Waals surface area contributed by atoms with Crippen molar-refractivity contribution in [2.24, 2.45) is 0 Å². The van der Waals surface area contributed by atoms with Gasteiger partial charge in [-0.25, -0.2) is 4.39 Å². The Bertz CT molecular complexity index is 558. The van der Waals surface area contributed by atoms with Gasteiger partial charge in [0.1, 0.15) is 5.82 Å². The molecule has 100 valence electrons. The first-order chi connectivity index (χ1) is 9.17. The summed E-state index contributed by atoms with van der Waals surface area (Å²) < 4.78 is 24.4. The predicted molar refractivity (Wildman–Crippen MR) is 76.7 cm³/mol. The summed E-state index contributed by atoms with van der Waals surface area (Å²) in [5.41, 5.74) is 1.50. The standard InChI is InChI=1S/C15H14BrFO2/c1-18-13-8-11(12(17)9-14(13)19-2)15(16)10-6-4-3-5-7-10/h3-9,15H,1-2H3. The lowest BCUT2D eigenvalue weighted by Crippen LogP contribution is -2.00. The summed E-state index contributed by atoms with van der Waals surface area (Å²) in [6.07, 6.45) is 0. The summed E-state index contributed by atoms with van der Waals surface area (Å²) in [6.45, 7) is 0. The van der Waals surface area contributed by atoms with Crippen LogP contribution in [0.1, 0.15) is 16.0 Å². The van der Waals surface area contributed by atoms with E-state index in [9.17, 15) is 4.39 Å². The van der Waals surface area contributed by atoms with Crippen LogP contribution in [0.15, 0.2) is 42.5 Å². The summed E-state index contributed by atoms with van der Waals surface area (Å²) in [4.78, 5) is -0.228. The lowest BCUT2D eigenvalue weighted by atomic mass is 10.0. The summed E-state index contributed by atoms with van der Waals surface area (Å²) in [6, 6.07) is 12.6. The molecular formula is C15H14BrFO2. The molecular weight excluding hydrogens is 311 g/mol. The minimum atomic E-state index is -0.330. The fraction of sp³-hybridized carbons (Fsp3) is 0.200. The first kappa shape index (κ1) is 13.9. The molecule has 0 fully saturated rings. The smallest absolute Gasteiger partial charge is 0.163 e. The Hall–Kier alpha value is -1.55. The highest BCUT2D eigenvalue weighted by atomic mass is 79.9. The molecule has 0 spiro atoms. The maximum Gasteiger partial charge on any atom is 0.163 e. The molecule has 0 aliphatic heterocycles. The van der Waals surface area contributed by atoms with E-state index in [1.54, 1.807) is 6.07 Å². The van der Waals surface area contributed by atoms with E-state index in [-0.39, 0.29) is 10.6 Å². The van der Waals surface area contributed by atoms with Crippen LogP contribution >= 0.6 is 15.9 Å². The minimum absolute atomic E-state index is 0.228. The first-order valence-corrected chi connectivity index (χ1v) is 6.69. The number of alkyl halides is 1. The van der Waals surface area contributed by atoms with Gasteiger partial charge in [-0.3, -0.25) is 0 Å². The van der Waals surface area contributed by atoms with E-state index >= 15 is 0 Å². The third-order valence-corrected chi connectivity index (χ3v) is 3.89. The monoisotopic (exact) mass is 324 g/mol. The average molecular weight is 325 g/mol. The van der Waals surface area contributed by atoms with Gasteiger partial charge in [0.2, 0.25) is 0 Å². The molecule has 0 aliphatic rings. The number of methoxy groups -OCH3 is 2. The van der Waals surface area contributed by atoms with Crippen LogP contribution in [-0.4, -0.2) is 14.2 Å². The Morgan fingerprint density at radius 2 is 1.58 bits per heavy atom. The summed E-state index contributed by atoms with van der Waals surface area (Å²) in [5.74, 6) is 0.569. The SMILES string of the molecule is COc1cc(F)c(C(Br)c2ccccc2)cc1OC. The topological polar surface area (TPSA) is 18.5 Å². The van der Waals surface area contributed by atoms with Crippen molar-refractivity contribution >= 4 is 15.9 Å². The minimum Gasteiger partial charge on any atom is -0.493 e. The Balaban J connectivity index is 2.45. The third kappa shape index (κ3) is 2.89. The molecule has 0 saturated carbocycles. The molecule has 2 nitrogen and oxygen atoms in total. The number of halogens is 2. The molecule has 0 bridgehead atoms. The van der Waals surface area contributed by atoms with Crippen molar-refractivity contribution in [2.45, 2.75) is 4.83 Å². The molecule has 1 atom stereocenters. The summed E-state index contributed by atoms with van der Waals surface area (Å²) in [7, 11) is 3.02. The number of benzene rings is 2. The van der Waals surface area contributed by atoms with Gasteiger partial charge in [-0.05, 0) is 11.6 Å². The molecule has 2 aromatic carbocycles. The number of rotatable bonds is 4. The molecule has 2 rings (SSSR count).